The Kier molecular flexibility index (Phi) is 5.97. The summed E-state index contributed by atoms with van der Waals surface area (Å²) in [4.78, 5) is 23.9. The van der Waals surface area contributed by atoms with Crippen LogP contribution >= 0.6 is 0 Å². The van der Waals surface area contributed by atoms with Crippen molar-refractivity contribution in [2.45, 2.75) is 59.3 Å². The first-order valence-electron chi connectivity index (χ1n) is 7.38. The number of carbonyl (C=O) groups excluding carboxylic acids is 2. The van der Waals surface area contributed by atoms with Gasteiger partial charge in [-0.25, -0.2) is 4.79 Å². The Morgan fingerprint density at radius 1 is 1.14 bits per heavy atom. The van der Waals surface area contributed by atoms with Crippen LogP contribution in [0.3, 0.4) is 0 Å². The van der Waals surface area contributed by atoms with Gasteiger partial charge in [-0.2, -0.15) is 0 Å². The molecule has 5 nitrogen and oxygen atoms in total. The Hall–Kier alpha value is -2.04. The van der Waals surface area contributed by atoms with Crippen LogP contribution in [0.4, 0.5) is 0 Å². The lowest BCUT2D eigenvalue weighted by Gasteiger charge is -2.21. The monoisotopic (exact) mass is 307 g/mol. The van der Waals surface area contributed by atoms with Gasteiger partial charge in [-0.15, -0.1) is 0 Å². The maximum absolute atomic E-state index is 12.1. The van der Waals surface area contributed by atoms with Crippen molar-refractivity contribution in [2.75, 3.05) is 0 Å². The molecule has 5 heteroatoms. The molecule has 1 atom stereocenters. The first kappa shape index (κ1) is 18.0. The summed E-state index contributed by atoms with van der Waals surface area (Å²) in [5.41, 5.74) is 0.166. The van der Waals surface area contributed by atoms with Gasteiger partial charge in [0.05, 0.1) is 6.10 Å². The molecule has 1 amide bonds. The van der Waals surface area contributed by atoms with E-state index in [9.17, 15) is 9.59 Å². The van der Waals surface area contributed by atoms with Gasteiger partial charge in [0.1, 0.15) is 5.75 Å². The lowest BCUT2D eigenvalue weighted by atomic mass is 10.1. The van der Waals surface area contributed by atoms with Gasteiger partial charge in [-0.05, 0) is 59.7 Å². The molecule has 0 aliphatic rings. The van der Waals surface area contributed by atoms with E-state index in [2.05, 4.69) is 5.32 Å². The molecule has 1 N–H and O–H groups in total. The van der Waals surface area contributed by atoms with Crippen molar-refractivity contribution in [1.29, 1.82) is 0 Å². The van der Waals surface area contributed by atoms with E-state index in [0.29, 0.717) is 11.3 Å². The van der Waals surface area contributed by atoms with Crippen LogP contribution in [0.15, 0.2) is 24.3 Å². The van der Waals surface area contributed by atoms with Gasteiger partial charge in [-0.1, -0.05) is 6.07 Å². The minimum absolute atomic E-state index is 0.185. The van der Waals surface area contributed by atoms with Crippen molar-refractivity contribution in [3.05, 3.63) is 29.8 Å². The lowest BCUT2D eigenvalue weighted by molar-refractivity contribution is -0.154. The molecule has 0 aliphatic heterocycles. The Labute approximate surface area is 132 Å². The zero-order valence-electron chi connectivity index (χ0n) is 14.1. The number of hydrogen-bond acceptors (Lipinski definition) is 4. The molecule has 122 valence electrons. The fourth-order valence-electron chi connectivity index (χ4n) is 1.70. The van der Waals surface area contributed by atoms with Crippen LogP contribution in [0.5, 0.6) is 5.75 Å². The van der Waals surface area contributed by atoms with E-state index in [1.54, 1.807) is 45.0 Å². The minimum atomic E-state index is -0.733. The van der Waals surface area contributed by atoms with Crippen molar-refractivity contribution in [3.63, 3.8) is 0 Å². The number of carbonyl (C=O) groups is 2. The lowest BCUT2D eigenvalue weighted by Crippen LogP contribution is -2.40. The SMILES string of the molecule is CC(C)OC(=O)C(C)Oc1cccc(C(=O)NC(C)(C)C)c1. The van der Waals surface area contributed by atoms with Crippen molar-refractivity contribution < 1.29 is 19.1 Å². The van der Waals surface area contributed by atoms with Crippen LogP contribution in [-0.2, 0) is 9.53 Å². The Morgan fingerprint density at radius 2 is 1.77 bits per heavy atom. The van der Waals surface area contributed by atoms with Gasteiger partial charge in [-0.3, -0.25) is 4.79 Å². The smallest absolute Gasteiger partial charge is 0.347 e. The molecule has 1 unspecified atom stereocenters. The molecule has 0 heterocycles. The normalized spacial score (nSPS) is 12.7. The molecule has 0 aliphatic carbocycles. The van der Waals surface area contributed by atoms with Crippen LogP contribution in [-0.4, -0.2) is 29.6 Å². The van der Waals surface area contributed by atoms with E-state index < -0.39 is 12.1 Å². The molecular weight excluding hydrogens is 282 g/mol. The fourth-order valence-corrected chi connectivity index (χ4v) is 1.70. The average Bonchev–Trinajstić information content (AvgIpc) is 2.36. The summed E-state index contributed by atoms with van der Waals surface area (Å²) in [5, 5.41) is 2.88. The maximum Gasteiger partial charge on any atom is 0.347 e. The van der Waals surface area contributed by atoms with Gasteiger partial charge in [0.2, 0.25) is 0 Å². The molecule has 0 saturated heterocycles. The van der Waals surface area contributed by atoms with E-state index in [4.69, 9.17) is 9.47 Å². The highest BCUT2D eigenvalue weighted by Gasteiger charge is 2.19. The summed E-state index contributed by atoms with van der Waals surface area (Å²) >= 11 is 0. The Morgan fingerprint density at radius 3 is 2.32 bits per heavy atom. The first-order chi connectivity index (χ1) is 10.1. The molecule has 0 fully saturated rings. The topological polar surface area (TPSA) is 64.6 Å². The van der Waals surface area contributed by atoms with E-state index in [-0.39, 0.29) is 17.6 Å². The van der Waals surface area contributed by atoms with Crippen LogP contribution in [0.1, 0.15) is 51.9 Å². The molecule has 0 radical (unpaired) electrons. The molecular formula is C17H25NO4. The molecule has 1 rings (SSSR count). The number of hydrogen-bond donors (Lipinski definition) is 1. The Bertz CT molecular complexity index is 532. The van der Waals surface area contributed by atoms with E-state index in [1.165, 1.54) is 0 Å². The van der Waals surface area contributed by atoms with Crippen LogP contribution < -0.4 is 10.1 Å². The van der Waals surface area contributed by atoms with Crippen LogP contribution in [0.25, 0.3) is 0 Å². The first-order valence-corrected chi connectivity index (χ1v) is 7.38. The van der Waals surface area contributed by atoms with Crippen molar-refractivity contribution in [2.24, 2.45) is 0 Å². The third-order valence-electron chi connectivity index (χ3n) is 2.58. The predicted octanol–water partition coefficient (Wildman–Crippen LogP) is 2.93. The minimum Gasteiger partial charge on any atom is -0.479 e. The van der Waals surface area contributed by atoms with Crippen LogP contribution in [0, 0.1) is 0 Å². The van der Waals surface area contributed by atoms with E-state index in [0.717, 1.165) is 0 Å². The van der Waals surface area contributed by atoms with Crippen molar-refractivity contribution in [1.82, 2.24) is 5.32 Å². The van der Waals surface area contributed by atoms with Gasteiger partial charge >= 0.3 is 5.97 Å². The van der Waals surface area contributed by atoms with Gasteiger partial charge in [0.25, 0.3) is 5.91 Å². The third kappa shape index (κ3) is 6.16. The second kappa shape index (κ2) is 7.29. The highest BCUT2D eigenvalue weighted by Crippen LogP contribution is 2.16. The Balaban J connectivity index is 2.76. The molecule has 0 bridgehead atoms. The molecule has 1 aromatic rings. The highest BCUT2D eigenvalue weighted by molar-refractivity contribution is 5.95. The summed E-state index contributed by atoms with van der Waals surface area (Å²) < 4.78 is 10.6. The molecule has 0 saturated carbocycles. The summed E-state index contributed by atoms with van der Waals surface area (Å²) in [6.07, 6.45) is -0.925. The van der Waals surface area contributed by atoms with E-state index in [1.807, 2.05) is 20.8 Å². The molecule has 22 heavy (non-hydrogen) atoms. The zero-order valence-corrected chi connectivity index (χ0v) is 14.1. The number of amides is 1. The molecule has 0 aromatic heterocycles. The summed E-state index contributed by atoms with van der Waals surface area (Å²) in [7, 11) is 0. The highest BCUT2D eigenvalue weighted by atomic mass is 16.6. The molecule has 1 aromatic carbocycles. The second-order valence-corrected chi connectivity index (χ2v) is 6.48. The van der Waals surface area contributed by atoms with Crippen LogP contribution in [0.2, 0.25) is 0 Å². The fraction of sp³-hybridized carbons (Fsp3) is 0.529. The maximum atomic E-state index is 12.1. The summed E-state index contributed by atoms with van der Waals surface area (Å²) in [5.74, 6) is -0.162. The van der Waals surface area contributed by atoms with E-state index >= 15 is 0 Å². The number of rotatable bonds is 5. The van der Waals surface area contributed by atoms with Crippen molar-refractivity contribution in [3.8, 4) is 5.75 Å². The second-order valence-electron chi connectivity index (χ2n) is 6.48. The number of ether oxygens (including phenoxy) is 2. The third-order valence-corrected chi connectivity index (χ3v) is 2.58. The molecule has 0 spiro atoms. The van der Waals surface area contributed by atoms with Gasteiger partial charge < -0.3 is 14.8 Å². The van der Waals surface area contributed by atoms with Crippen molar-refractivity contribution >= 4 is 11.9 Å². The predicted molar refractivity (Wildman–Crippen MR) is 85.0 cm³/mol. The quantitative estimate of drug-likeness (QED) is 0.849. The zero-order chi connectivity index (χ0) is 16.9. The summed E-state index contributed by atoms with van der Waals surface area (Å²) in [6.45, 7) is 10.9. The van der Waals surface area contributed by atoms with Gasteiger partial charge in [0.15, 0.2) is 6.10 Å². The number of benzene rings is 1. The number of esters is 1. The van der Waals surface area contributed by atoms with Gasteiger partial charge in [0, 0.05) is 11.1 Å². The standard InChI is InChI=1S/C17H25NO4/c1-11(2)21-16(20)12(3)22-14-9-7-8-13(10-14)15(19)18-17(4,5)6/h7-12H,1-6H3,(H,18,19). The average molecular weight is 307 g/mol. The summed E-state index contributed by atoms with van der Waals surface area (Å²) in [6, 6.07) is 6.73. The number of nitrogens with one attached hydrogen (secondary N) is 1. The largest absolute Gasteiger partial charge is 0.479 e.